The van der Waals surface area contributed by atoms with Crippen molar-refractivity contribution < 1.29 is 9.90 Å². The Morgan fingerprint density at radius 3 is 2.60 bits per heavy atom. The van der Waals surface area contributed by atoms with Gasteiger partial charge in [-0.05, 0) is 52.3 Å². The number of amides is 1. The van der Waals surface area contributed by atoms with Crippen molar-refractivity contribution in [1.82, 2.24) is 0 Å². The van der Waals surface area contributed by atoms with Crippen LogP contribution in [0.3, 0.4) is 0 Å². The molecular weight excluding hydrogens is 320 g/mol. The molecule has 0 saturated carbocycles. The quantitative estimate of drug-likeness (QED) is 0.903. The van der Waals surface area contributed by atoms with Gasteiger partial charge in [-0.15, -0.1) is 0 Å². The summed E-state index contributed by atoms with van der Waals surface area (Å²) in [7, 11) is 3.88. The highest BCUT2D eigenvalue weighted by Crippen LogP contribution is 2.25. The molecule has 2 N–H and O–H groups in total. The smallest absolute Gasteiger partial charge is 0.255 e. The third kappa shape index (κ3) is 3.30. The van der Waals surface area contributed by atoms with Crippen molar-refractivity contribution in [3.63, 3.8) is 0 Å². The van der Waals surface area contributed by atoms with Crippen molar-refractivity contribution >= 4 is 33.2 Å². The number of anilines is 2. The Hall–Kier alpha value is -2.01. The SMILES string of the molecule is CN(C)c1cccc(NC(=O)c2ccc(Br)c(O)c2)c1. The second-order valence-electron chi connectivity index (χ2n) is 4.57. The number of nitrogens with one attached hydrogen (secondary N) is 1. The second-order valence-corrected chi connectivity index (χ2v) is 5.42. The molecule has 0 saturated heterocycles. The van der Waals surface area contributed by atoms with E-state index in [1.165, 1.54) is 6.07 Å². The summed E-state index contributed by atoms with van der Waals surface area (Å²) in [6, 6.07) is 12.3. The minimum absolute atomic E-state index is 0.0414. The van der Waals surface area contributed by atoms with Gasteiger partial charge < -0.3 is 15.3 Å². The Bertz CT molecular complexity index is 642. The fourth-order valence-corrected chi connectivity index (χ4v) is 1.97. The van der Waals surface area contributed by atoms with Crippen LogP contribution in [0.5, 0.6) is 5.75 Å². The number of phenolic OH excluding ortho intramolecular Hbond substituents is 1. The molecule has 0 bridgehead atoms. The molecule has 0 spiro atoms. The van der Waals surface area contributed by atoms with E-state index in [0.29, 0.717) is 15.7 Å². The van der Waals surface area contributed by atoms with E-state index in [9.17, 15) is 9.90 Å². The first-order valence-electron chi connectivity index (χ1n) is 6.04. The lowest BCUT2D eigenvalue weighted by Crippen LogP contribution is -2.13. The number of halogens is 1. The fraction of sp³-hybridized carbons (Fsp3) is 0.133. The predicted octanol–water partition coefficient (Wildman–Crippen LogP) is 3.47. The predicted molar refractivity (Wildman–Crippen MR) is 84.5 cm³/mol. The molecule has 0 aromatic heterocycles. The van der Waals surface area contributed by atoms with Gasteiger partial charge in [-0.2, -0.15) is 0 Å². The lowest BCUT2D eigenvalue weighted by molar-refractivity contribution is 0.102. The number of rotatable bonds is 3. The molecule has 1 amide bonds. The van der Waals surface area contributed by atoms with Crippen LogP contribution >= 0.6 is 15.9 Å². The second kappa shape index (κ2) is 5.96. The molecule has 2 aromatic rings. The zero-order valence-corrected chi connectivity index (χ0v) is 12.8. The van der Waals surface area contributed by atoms with E-state index in [-0.39, 0.29) is 11.7 Å². The van der Waals surface area contributed by atoms with E-state index < -0.39 is 0 Å². The number of carbonyl (C=O) groups excluding carboxylic acids is 1. The van der Waals surface area contributed by atoms with Crippen molar-refractivity contribution in [2.45, 2.75) is 0 Å². The van der Waals surface area contributed by atoms with Crippen LogP contribution in [0.15, 0.2) is 46.9 Å². The van der Waals surface area contributed by atoms with Crippen LogP contribution in [0.25, 0.3) is 0 Å². The first-order valence-corrected chi connectivity index (χ1v) is 6.84. The maximum Gasteiger partial charge on any atom is 0.255 e. The normalized spacial score (nSPS) is 10.2. The van der Waals surface area contributed by atoms with Gasteiger partial charge in [0.1, 0.15) is 5.75 Å². The van der Waals surface area contributed by atoms with Crippen molar-refractivity contribution in [2.24, 2.45) is 0 Å². The summed E-state index contributed by atoms with van der Waals surface area (Å²) in [4.78, 5) is 14.1. The standard InChI is InChI=1S/C15H15BrN2O2/c1-18(2)12-5-3-4-11(9-12)17-15(20)10-6-7-13(16)14(19)8-10/h3-9,19H,1-2H3,(H,17,20). The van der Waals surface area contributed by atoms with Crippen LogP contribution in [0.4, 0.5) is 11.4 Å². The van der Waals surface area contributed by atoms with Gasteiger partial charge in [-0.25, -0.2) is 0 Å². The van der Waals surface area contributed by atoms with E-state index in [4.69, 9.17) is 0 Å². The highest BCUT2D eigenvalue weighted by atomic mass is 79.9. The topological polar surface area (TPSA) is 52.6 Å². The van der Waals surface area contributed by atoms with Crippen LogP contribution in [0, 0.1) is 0 Å². The molecule has 20 heavy (non-hydrogen) atoms. The maximum atomic E-state index is 12.1. The van der Waals surface area contributed by atoms with Gasteiger partial charge in [-0.1, -0.05) is 6.07 Å². The molecule has 0 unspecified atom stereocenters. The van der Waals surface area contributed by atoms with Crippen molar-refractivity contribution in [2.75, 3.05) is 24.3 Å². The van der Waals surface area contributed by atoms with E-state index >= 15 is 0 Å². The van der Waals surface area contributed by atoms with Crippen molar-refractivity contribution in [3.05, 3.63) is 52.5 Å². The van der Waals surface area contributed by atoms with Crippen molar-refractivity contribution in [1.29, 1.82) is 0 Å². The zero-order chi connectivity index (χ0) is 14.7. The van der Waals surface area contributed by atoms with Gasteiger partial charge in [0, 0.05) is 31.0 Å². The summed E-state index contributed by atoms with van der Waals surface area (Å²) in [6.07, 6.45) is 0. The minimum atomic E-state index is -0.260. The Morgan fingerprint density at radius 1 is 1.20 bits per heavy atom. The molecule has 0 aliphatic heterocycles. The first-order chi connectivity index (χ1) is 9.47. The fourth-order valence-electron chi connectivity index (χ4n) is 1.72. The van der Waals surface area contributed by atoms with Gasteiger partial charge >= 0.3 is 0 Å². The van der Waals surface area contributed by atoms with E-state index in [2.05, 4.69) is 21.2 Å². The molecule has 2 rings (SSSR count). The Labute approximate surface area is 126 Å². The third-order valence-electron chi connectivity index (χ3n) is 2.83. The van der Waals surface area contributed by atoms with Crippen LogP contribution in [-0.2, 0) is 0 Å². The Kier molecular flexibility index (Phi) is 4.29. The van der Waals surface area contributed by atoms with Crippen LogP contribution in [0.1, 0.15) is 10.4 Å². The number of hydrogen-bond donors (Lipinski definition) is 2. The molecule has 0 atom stereocenters. The molecule has 0 fully saturated rings. The molecule has 104 valence electrons. The summed E-state index contributed by atoms with van der Waals surface area (Å²) in [5.74, 6) is -0.219. The highest BCUT2D eigenvalue weighted by molar-refractivity contribution is 9.10. The Morgan fingerprint density at radius 2 is 1.95 bits per heavy atom. The van der Waals surface area contributed by atoms with Gasteiger partial charge in [-0.3, -0.25) is 4.79 Å². The summed E-state index contributed by atoms with van der Waals surface area (Å²) in [5.41, 5.74) is 2.12. The van der Waals surface area contributed by atoms with Crippen LogP contribution < -0.4 is 10.2 Å². The zero-order valence-electron chi connectivity index (χ0n) is 11.2. The van der Waals surface area contributed by atoms with Gasteiger partial charge in [0.05, 0.1) is 4.47 Å². The molecule has 0 radical (unpaired) electrons. The number of carbonyl (C=O) groups is 1. The number of phenols is 1. The van der Waals surface area contributed by atoms with Crippen LogP contribution in [0.2, 0.25) is 0 Å². The van der Waals surface area contributed by atoms with E-state index in [0.717, 1.165) is 5.69 Å². The summed E-state index contributed by atoms with van der Waals surface area (Å²) in [5, 5.41) is 12.4. The van der Waals surface area contributed by atoms with Crippen LogP contribution in [-0.4, -0.2) is 25.1 Å². The van der Waals surface area contributed by atoms with Crippen molar-refractivity contribution in [3.8, 4) is 5.75 Å². The number of hydrogen-bond acceptors (Lipinski definition) is 3. The molecule has 5 heteroatoms. The van der Waals surface area contributed by atoms with Gasteiger partial charge in [0.2, 0.25) is 0 Å². The maximum absolute atomic E-state index is 12.1. The van der Waals surface area contributed by atoms with E-state index in [1.807, 2.05) is 43.3 Å². The third-order valence-corrected chi connectivity index (χ3v) is 3.50. The lowest BCUT2D eigenvalue weighted by atomic mass is 10.2. The number of benzene rings is 2. The lowest BCUT2D eigenvalue weighted by Gasteiger charge is -2.14. The molecule has 4 nitrogen and oxygen atoms in total. The summed E-state index contributed by atoms with van der Waals surface area (Å²) < 4.78 is 0.559. The van der Waals surface area contributed by atoms with Gasteiger partial charge in [0.25, 0.3) is 5.91 Å². The minimum Gasteiger partial charge on any atom is -0.507 e. The van der Waals surface area contributed by atoms with Gasteiger partial charge in [0.15, 0.2) is 0 Å². The highest BCUT2D eigenvalue weighted by Gasteiger charge is 2.09. The first kappa shape index (κ1) is 14.4. The Balaban J connectivity index is 2.19. The molecule has 0 aliphatic rings. The molecule has 0 aliphatic carbocycles. The largest absolute Gasteiger partial charge is 0.507 e. The molecule has 0 heterocycles. The summed E-state index contributed by atoms with van der Waals surface area (Å²) >= 11 is 3.18. The number of aromatic hydroxyl groups is 1. The molecule has 2 aromatic carbocycles. The van der Waals surface area contributed by atoms with E-state index in [1.54, 1.807) is 12.1 Å². The summed E-state index contributed by atoms with van der Waals surface area (Å²) in [6.45, 7) is 0. The molecular formula is C15H15BrN2O2. The monoisotopic (exact) mass is 334 g/mol. The average molecular weight is 335 g/mol. The average Bonchev–Trinajstić information content (AvgIpc) is 2.42. The number of nitrogens with zero attached hydrogens (tertiary/aromatic N) is 1.